The topological polar surface area (TPSA) is 138 Å². The van der Waals surface area contributed by atoms with Crippen LogP contribution >= 0.6 is 23.2 Å². The highest BCUT2D eigenvalue weighted by Crippen LogP contribution is 2.42. The molecular formula is C34H34Cl2N8O3. The van der Waals surface area contributed by atoms with Gasteiger partial charge in [0, 0.05) is 67.4 Å². The average Bonchev–Trinajstić information content (AvgIpc) is 3.49. The number of carbonyl (C=O) groups is 1. The molecule has 47 heavy (non-hydrogen) atoms. The van der Waals surface area contributed by atoms with Crippen molar-refractivity contribution in [3.8, 4) is 51.5 Å². The monoisotopic (exact) mass is 672 g/mol. The zero-order valence-electron chi connectivity index (χ0n) is 26.3. The largest absolute Gasteiger partial charge is 0.480 e. The Morgan fingerprint density at radius 1 is 0.957 bits per heavy atom. The van der Waals surface area contributed by atoms with Crippen LogP contribution in [-0.2, 0) is 17.9 Å². The first-order valence-electron chi connectivity index (χ1n) is 15.2. The molecule has 0 radical (unpaired) electrons. The molecule has 2 N–H and O–H groups in total. The molecule has 2 fully saturated rings. The van der Waals surface area contributed by atoms with Gasteiger partial charge in [-0.1, -0.05) is 59.6 Å². The van der Waals surface area contributed by atoms with Gasteiger partial charge < -0.3 is 20.1 Å². The number of methoxy groups -OCH3 is 2. The average molecular weight is 674 g/mol. The summed E-state index contributed by atoms with van der Waals surface area (Å²) in [4.78, 5) is 32.3. The smallest absolute Gasteiger partial charge is 0.237 e. The molecule has 0 aliphatic carbocycles. The molecule has 2 aliphatic rings. The van der Waals surface area contributed by atoms with Gasteiger partial charge in [0.05, 0.1) is 59.5 Å². The number of hydrogen-bond acceptors (Lipinski definition) is 10. The number of nitrogens with one attached hydrogen (secondary N) is 2. The number of likely N-dealkylation sites (tertiary alicyclic amines) is 1. The standard InChI is InChI=1S/C34H34Cl2N8O3/c1-34(17-37)18-44(19-34)16-28-33(47-3)43-26(15-40-28)24-9-5-7-22(31(24)36)21-6-4-8-23(30(21)35)25-14-39-27(32(42-25)46-2)13-38-12-20-10-11-29(45)41-20/h4-9,14-15,20,38H,10-13,16,18-19H2,1-3H3,(H,41,45)/t20-/m0/s1. The lowest BCUT2D eigenvalue weighted by molar-refractivity contribution is -0.119. The number of ether oxygens (including phenoxy) is 2. The van der Waals surface area contributed by atoms with Gasteiger partial charge in [-0.15, -0.1) is 0 Å². The van der Waals surface area contributed by atoms with Crippen LogP contribution in [0.4, 0.5) is 0 Å². The Morgan fingerprint density at radius 3 is 2.04 bits per heavy atom. The Morgan fingerprint density at radius 2 is 1.51 bits per heavy atom. The number of aromatic nitrogens is 4. The number of halogens is 2. The molecule has 2 aliphatic heterocycles. The summed E-state index contributed by atoms with van der Waals surface area (Å²) in [5.74, 6) is 0.875. The molecule has 1 atom stereocenters. The second-order valence-corrected chi connectivity index (χ2v) is 12.8. The van der Waals surface area contributed by atoms with Gasteiger partial charge in [-0.2, -0.15) is 5.26 Å². The van der Waals surface area contributed by atoms with E-state index in [-0.39, 0.29) is 17.4 Å². The van der Waals surface area contributed by atoms with Crippen LogP contribution in [0.15, 0.2) is 48.8 Å². The van der Waals surface area contributed by atoms with E-state index < -0.39 is 0 Å². The summed E-state index contributed by atoms with van der Waals surface area (Å²) in [5, 5.41) is 16.5. The molecule has 4 heterocycles. The van der Waals surface area contributed by atoms with Crippen molar-refractivity contribution < 1.29 is 14.3 Å². The second kappa shape index (κ2) is 13.8. The van der Waals surface area contributed by atoms with Crippen molar-refractivity contribution in [2.45, 2.75) is 38.9 Å². The molecule has 2 aromatic carbocycles. The third-order valence-electron chi connectivity index (χ3n) is 8.41. The zero-order valence-corrected chi connectivity index (χ0v) is 27.8. The van der Waals surface area contributed by atoms with Crippen LogP contribution in [0, 0.1) is 16.7 Å². The van der Waals surface area contributed by atoms with Crippen molar-refractivity contribution in [1.82, 2.24) is 35.5 Å². The van der Waals surface area contributed by atoms with Crippen LogP contribution < -0.4 is 20.1 Å². The number of amides is 1. The quantitative estimate of drug-likeness (QED) is 0.216. The summed E-state index contributed by atoms with van der Waals surface area (Å²) in [6.45, 7) is 4.91. The number of hydrogen-bond donors (Lipinski definition) is 2. The molecule has 0 saturated carbocycles. The molecule has 0 unspecified atom stereocenters. The van der Waals surface area contributed by atoms with Crippen LogP contribution in [0.25, 0.3) is 33.6 Å². The number of benzene rings is 2. The van der Waals surface area contributed by atoms with E-state index in [4.69, 9.17) is 42.6 Å². The molecule has 2 saturated heterocycles. The van der Waals surface area contributed by atoms with E-state index in [0.717, 1.165) is 17.5 Å². The number of nitriles is 1. The maximum atomic E-state index is 11.5. The maximum absolute atomic E-state index is 11.5. The summed E-state index contributed by atoms with van der Waals surface area (Å²) in [6, 6.07) is 13.8. The molecule has 13 heteroatoms. The van der Waals surface area contributed by atoms with Gasteiger partial charge in [-0.25, -0.2) is 9.97 Å². The number of nitrogens with zero attached hydrogens (tertiary/aromatic N) is 6. The summed E-state index contributed by atoms with van der Waals surface area (Å²) in [6.07, 6.45) is 4.73. The highest BCUT2D eigenvalue weighted by atomic mass is 35.5. The summed E-state index contributed by atoms with van der Waals surface area (Å²) < 4.78 is 11.2. The van der Waals surface area contributed by atoms with Crippen LogP contribution in [0.5, 0.6) is 11.8 Å². The molecule has 0 spiro atoms. The fourth-order valence-electron chi connectivity index (χ4n) is 6.02. The molecule has 242 valence electrons. The Bertz CT molecular complexity index is 1860. The van der Waals surface area contributed by atoms with Gasteiger partial charge in [-0.05, 0) is 13.3 Å². The van der Waals surface area contributed by atoms with Gasteiger partial charge in [0.15, 0.2) is 0 Å². The van der Waals surface area contributed by atoms with Crippen molar-refractivity contribution in [2.24, 2.45) is 5.41 Å². The van der Waals surface area contributed by atoms with Crippen LogP contribution in [0.1, 0.15) is 31.2 Å². The van der Waals surface area contributed by atoms with Gasteiger partial charge in [0.25, 0.3) is 0 Å². The van der Waals surface area contributed by atoms with Gasteiger partial charge in [-0.3, -0.25) is 19.7 Å². The predicted molar refractivity (Wildman–Crippen MR) is 179 cm³/mol. The summed E-state index contributed by atoms with van der Waals surface area (Å²) >= 11 is 14.1. The van der Waals surface area contributed by atoms with Crippen molar-refractivity contribution in [3.63, 3.8) is 0 Å². The highest BCUT2D eigenvalue weighted by Gasteiger charge is 2.39. The first kappa shape index (κ1) is 32.6. The minimum Gasteiger partial charge on any atom is -0.480 e. The number of rotatable bonds is 11. The number of carbonyl (C=O) groups excluding carboxylic acids is 1. The van der Waals surface area contributed by atoms with E-state index in [2.05, 4.69) is 31.6 Å². The van der Waals surface area contributed by atoms with Crippen LogP contribution in [0.3, 0.4) is 0 Å². The summed E-state index contributed by atoms with van der Waals surface area (Å²) in [7, 11) is 3.12. The van der Waals surface area contributed by atoms with Crippen molar-refractivity contribution in [2.75, 3.05) is 33.9 Å². The summed E-state index contributed by atoms with van der Waals surface area (Å²) in [5.41, 5.74) is 4.92. The first-order chi connectivity index (χ1) is 22.7. The third kappa shape index (κ3) is 6.87. The second-order valence-electron chi connectivity index (χ2n) is 12.0. The van der Waals surface area contributed by atoms with E-state index in [9.17, 15) is 10.1 Å². The normalized spacial score (nSPS) is 17.1. The van der Waals surface area contributed by atoms with Crippen LogP contribution in [-0.4, -0.2) is 70.6 Å². The van der Waals surface area contributed by atoms with Crippen molar-refractivity contribution in [3.05, 3.63) is 70.2 Å². The SMILES string of the molecule is COc1nc(-c2cccc(-c3cccc(-c4cnc(CN5CC(C)(C#N)C5)c(OC)n4)c3Cl)c2Cl)cnc1CNC[C@@H]1CCC(=O)N1. The lowest BCUT2D eigenvalue weighted by Crippen LogP contribution is -2.53. The van der Waals surface area contributed by atoms with Gasteiger partial charge >= 0.3 is 0 Å². The molecule has 6 rings (SSSR count). The van der Waals surface area contributed by atoms with Gasteiger partial charge in [0.2, 0.25) is 17.7 Å². The molecule has 11 nitrogen and oxygen atoms in total. The van der Waals surface area contributed by atoms with E-state index in [1.54, 1.807) is 26.6 Å². The Labute approximate surface area is 283 Å². The Balaban J connectivity index is 1.23. The lowest BCUT2D eigenvalue weighted by atomic mass is 9.84. The Kier molecular flexibility index (Phi) is 9.57. The minimum absolute atomic E-state index is 0.0812. The predicted octanol–water partition coefficient (Wildman–Crippen LogP) is 5.31. The van der Waals surface area contributed by atoms with Crippen molar-refractivity contribution >= 4 is 29.1 Å². The third-order valence-corrected chi connectivity index (χ3v) is 9.22. The first-order valence-corrected chi connectivity index (χ1v) is 16.0. The van der Waals surface area contributed by atoms with Gasteiger partial charge in [0.1, 0.15) is 11.4 Å². The minimum atomic E-state index is -0.330. The van der Waals surface area contributed by atoms with Crippen molar-refractivity contribution in [1.29, 1.82) is 5.26 Å². The van der Waals surface area contributed by atoms with E-state index >= 15 is 0 Å². The van der Waals surface area contributed by atoms with E-state index in [0.29, 0.717) is 94.9 Å². The molecular weight excluding hydrogens is 639 g/mol. The molecule has 0 bridgehead atoms. The molecule has 1 amide bonds. The van der Waals surface area contributed by atoms with E-state index in [1.807, 2.05) is 43.3 Å². The zero-order chi connectivity index (χ0) is 33.1. The Hall–Kier alpha value is -4.34. The lowest BCUT2D eigenvalue weighted by Gasteiger charge is -2.43. The fraction of sp³-hybridized carbons (Fsp3) is 0.353. The molecule has 2 aromatic heterocycles. The maximum Gasteiger partial charge on any atom is 0.237 e. The van der Waals surface area contributed by atoms with Crippen LogP contribution in [0.2, 0.25) is 10.0 Å². The fourth-order valence-corrected chi connectivity index (χ4v) is 6.67. The highest BCUT2D eigenvalue weighted by molar-refractivity contribution is 6.39. The van der Waals surface area contributed by atoms with E-state index in [1.165, 1.54) is 0 Å². The molecule has 4 aromatic rings.